The largest absolute Gasteiger partial charge is 0.480 e. The Balaban J connectivity index is 2.14. The predicted octanol–water partition coefficient (Wildman–Crippen LogP) is -5.51. The number of nitrogens with zero attached hydrogens (tertiary/aromatic N) is 6. The summed E-state index contributed by atoms with van der Waals surface area (Å²) in [5.74, 6) is -2.89. The highest BCUT2D eigenvalue weighted by Gasteiger charge is 2.44. The molecular formula is C37H64N6O16. The topological polar surface area (TPSA) is 329 Å². The molecule has 0 aliphatic carbocycles. The summed E-state index contributed by atoms with van der Waals surface area (Å²) >= 11 is 0. The highest BCUT2D eigenvalue weighted by atomic mass is 16.6. The monoisotopic (exact) mass is 848 g/mol. The van der Waals surface area contributed by atoms with Crippen molar-refractivity contribution in [2.75, 3.05) is 74.1 Å². The summed E-state index contributed by atoms with van der Waals surface area (Å²) in [6.45, 7) is 0.932. The van der Waals surface area contributed by atoms with Crippen molar-refractivity contribution in [2.45, 2.75) is 106 Å². The molecule has 22 heteroatoms. The molecule has 1 aromatic rings. The molecular weight excluding hydrogens is 784 g/mol. The number of carbonyl (C=O) groups excluding carboxylic acids is 3. The third kappa shape index (κ3) is 15.2. The fourth-order valence-corrected chi connectivity index (χ4v) is 6.42. The van der Waals surface area contributed by atoms with Gasteiger partial charge in [0.25, 0.3) is 0 Å². The molecule has 1 aromatic heterocycles. The van der Waals surface area contributed by atoms with Crippen LogP contribution in [0.5, 0.6) is 0 Å². The van der Waals surface area contributed by atoms with E-state index in [9.17, 15) is 65.1 Å². The minimum atomic E-state index is -1.88. The Morgan fingerprint density at radius 3 is 1.80 bits per heavy atom. The maximum atomic E-state index is 13.3. The quantitative estimate of drug-likeness (QED) is 0.0368. The zero-order chi connectivity index (χ0) is 44.7. The second kappa shape index (κ2) is 24.7. The summed E-state index contributed by atoms with van der Waals surface area (Å²) < 4.78 is 5.81. The van der Waals surface area contributed by atoms with Gasteiger partial charge in [0, 0.05) is 59.7 Å². The van der Waals surface area contributed by atoms with E-state index in [1.54, 1.807) is 23.1 Å². The number of likely N-dealkylation sites (N-methyl/N-ethyl adjacent to an activating group) is 4. The number of cyclic esters (lactones) is 1. The summed E-state index contributed by atoms with van der Waals surface area (Å²) in [4.78, 5) is 63.6. The third-order valence-electron chi connectivity index (χ3n) is 10.5. The van der Waals surface area contributed by atoms with Crippen molar-refractivity contribution in [3.05, 3.63) is 29.6 Å². The lowest BCUT2D eigenvalue weighted by atomic mass is 10.0. The molecule has 1 aliphatic heterocycles. The van der Waals surface area contributed by atoms with Gasteiger partial charge in [0.1, 0.15) is 60.9 Å². The second-order valence-corrected chi connectivity index (χ2v) is 15.0. The number of amides is 2. The van der Waals surface area contributed by atoms with Gasteiger partial charge in [-0.2, -0.15) is 0 Å². The van der Waals surface area contributed by atoms with Gasteiger partial charge >= 0.3 is 11.9 Å². The Morgan fingerprint density at radius 2 is 1.31 bits per heavy atom. The number of carboxylic acids is 1. The van der Waals surface area contributed by atoms with Crippen molar-refractivity contribution >= 4 is 23.8 Å². The van der Waals surface area contributed by atoms with Crippen molar-refractivity contribution in [3.63, 3.8) is 0 Å². The fraction of sp³-hybridized carbons (Fsp3) is 0.757. The molecule has 11 unspecified atom stereocenters. The Kier molecular flexibility index (Phi) is 21.6. The predicted molar refractivity (Wildman–Crippen MR) is 206 cm³/mol. The van der Waals surface area contributed by atoms with Crippen molar-refractivity contribution in [1.82, 2.24) is 29.5 Å². The minimum absolute atomic E-state index is 0.00482. The summed E-state index contributed by atoms with van der Waals surface area (Å²) in [5, 5.41) is 108. The minimum Gasteiger partial charge on any atom is -0.480 e. The first-order chi connectivity index (χ1) is 27.7. The zero-order valence-electron chi connectivity index (χ0n) is 34.2. The number of esters is 1. The lowest BCUT2D eigenvalue weighted by Gasteiger charge is -2.30. The summed E-state index contributed by atoms with van der Waals surface area (Å²) in [6.07, 6.45) is -15.8. The molecule has 0 bridgehead atoms. The van der Waals surface area contributed by atoms with E-state index in [4.69, 9.17) is 14.9 Å². The molecule has 1 saturated heterocycles. The number of ether oxygens (including phenoxy) is 1. The van der Waals surface area contributed by atoms with Gasteiger partial charge < -0.3 is 75.6 Å². The van der Waals surface area contributed by atoms with Crippen LogP contribution in [-0.2, 0) is 30.5 Å². The standard InChI is InChI=1S/C37H64N6O16/c1-6-39(2)14-15-43-24(11-13-30(51)42(5)18-26(47)32(53)34(55)28(49)20-45)37(58)59-35(43)22-9-7-8-21(38-22)16-40(3)23(36(56)57)10-12-29(50)41(4)17-25(46)31(52)33(54)27(48)19-44/h7-9,23-28,31-35,44-49,52-55H,6,10-20H2,1-5H3,(H,56,57). The van der Waals surface area contributed by atoms with Crippen molar-refractivity contribution in [2.24, 2.45) is 0 Å². The summed E-state index contributed by atoms with van der Waals surface area (Å²) in [7, 11) is 6.09. The number of carboxylic acid groups (broad SMARTS) is 1. The molecule has 2 heterocycles. The molecule has 1 aliphatic rings. The van der Waals surface area contributed by atoms with E-state index in [1.807, 2.05) is 18.9 Å². The lowest BCUT2D eigenvalue weighted by Crippen LogP contribution is -2.50. The summed E-state index contributed by atoms with van der Waals surface area (Å²) in [6, 6.07) is 2.93. The van der Waals surface area contributed by atoms with Gasteiger partial charge in [0.05, 0.1) is 24.6 Å². The molecule has 2 rings (SSSR count). The smallest absolute Gasteiger partial charge is 0.325 e. The first-order valence-corrected chi connectivity index (χ1v) is 19.4. The Hall–Kier alpha value is -3.49. The third-order valence-corrected chi connectivity index (χ3v) is 10.5. The van der Waals surface area contributed by atoms with E-state index in [0.29, 0.717) is 31.0 Å². The van der Waals surface area contributed by atoms with Crippen LogP contribution in [0.1, 0.15) is 50.2 Å². The number of hydrogen-bond acceptors (Lipinski definition) is 19. The molecule has 0 aromatic carbocycles. The molecule has 338 valence electrons. The Morgan fingerprint density at radius 1 is 0.797 bits per heavy atom. The van der Waals surface area contributed by atoms with Crippen molar-refractivity contribution in [3.8, 4) is 0 Å². The molecule has 11 atom stereocenters. The van der Waals surface area contributed by atoms with Gasteiger partial charge in [-0.1, -0.05) is 13.0 Å². The fourth-order valence-electron chi connectivity index (χ4n) is 6.42. The SMILES string of the molecule is CCN(C)CCN1C(CCC(=O)N(C)CC(O)C(O)C(O)C(O)CO)C(=O)OC1c1cccc(CN(C)C(CCC(=O)N(C)CC(O)C(O)C(O)C(O)CO)C(=O)O)n1. The van der Waals surface area contributed by atoms with Gasteiger partial charge in [0.15, 0.2) is 6.23 Å². The number of aromatic nitrogens is 1. The number of hydrogen-bond donors (Lipinski definition) is 11. The number of pyridine rings is 1. The van der Waals surface area contributed by atoms with E-state index in [2.05, 4.69) is 4.98 Å². The number of aliphatic hydroxyl groups excluding tert-OH is 10. The van der Waals surface area contributed by atoms with Crippen LogP contribution >= 0.6 is 0 Å². The van der Waals surface area contributed by atoms with Crippen LogP contribution in [0.2, 0.25) is 0 Å². The van der Waals surface area contributed by atoms with Gasteiger partial charge in [-0.05, 0) is 45.6 Å². The second-order valence-electron chi connectivity index (χ2n) is 15.0. The highest BCUT2D eigenvalue weighted by Crippen LogP contribution is 2.33. The van der Waals surface area contributed by atoms with Crippen LogP contribution in [0.15, 0.2) is 18.2 Å². The van der Waals surface area contributed by atoms with Gasteiger partial charge in [-0.15, -0.1) is 0 Å². The number of aliphatic hydroxyl groups is 10. The van der Waals surface area contributed by atoms with Crippen molar-refractivity contribution < 1.29 is 80.1 Å². The van der Waals surface area contributed by atoms with E-state index in [1.165, 1.54) is 26.0 Å². The Labute approximate surface area is 343 Å². The maximum Gasteiger partial charge on any atom is 0.325 e. The zero-order valence-corrected chi connectivity index (χ0v) is 34.2. The normalized spacial score (nSPS) is 20.7. The molecule has 0 saturated carbocycles. The molecule has 0 spiro atoms. The first-order valence-electron chi connectivity index (χ1n) is 19.4. The van der Waals surface area contributed by atoms with Crippen LogP contribution < -0.4 is 0 Å². The van der Waals surface area contributed by atoms with Crippen LogP contribution in [0.25, 0.3) is 0 Å². The number of carbonyl (C=O) groups is 4. The summed E-state index contributed by atoms with van der Waals surface area (Å²) in [5.41, 5.74) is 0.760. The van der Waals surface area contributed by atoms with Gasteiger partial charge in [-0.3, -0.25) is 29.1 Å². The highest BCUT2D eigenvalue weighted by molar-refractivity contribution is 5.81. The molecule has 59 heavy (non-hydrogen) atoms. The van der Waals surface area contributed by atoms with Crippen LogP contribution in [0, 0.1) is 0 Å². The van der Waals surface area contributed by atoms with Crippen LogP contribution in [-0.4, -0.2) is 244 Å². The molecule has 1 fully saturated rings. The van der Waals surface area contributed by atoms with E-state index in [0.717, 1.165) is 9.80 Å². The Bertz CT molecular complexity index is 1480. The molecule has 11 N–H and O–H groups in total. The average Bonchev–Trinajstić information content (AvgIpc) is 3.53. The maximum absolute atomic E-state index is 13.3. The molecule has 2 amide bonds. The van der Waals surface area contributed by atoms with Crippen molar-refractivity contribution in [1.29, 1.82) is 0 Å². The molecule has 0 radical (unpaired) electrons. The first kappa shape index (κ1) is 51.7. The van der Waals surface area contributed by atoms with Crippen LogP contribution in [0.4, 0.5) is 0 Å². The van der Waals surface area contributed by atoms with Crippen LogP contribution in [0.3, 0.4) is 0 Å². The lowest BCUT2D eigenvalue weighted by molar-refractivity contribution is -0.145. The number of rotatable bonds is 27. The average molecular weight is 849 g/mol. The van der Waals surface area contributed by atoms with Gasteiger partial charge in [-0.25, -0.2) is 4.90 Å². The number of aliphatic carboxylic acids is 1. The van der Waals surface area contributed by atoms with Gasteiger partial charge in [0.2, 0.25) is 11.8 Å². The van der Waals surface area contributed by atoms with E-state index < -0.39 is 117 Å². The molecule has 22 nitrogen and oxygen atoms in total. The van der Waals surface area contributed by atoms with E-state index in [-0.39, 0.29) is 32.2 Å². The van der Waals surface area contributed by atoms with E-state index >= 15 is 0 Å².